The highest BCUT2D eigenvalue weighted by Gasteiger charge is 2.30. The first-order valence-corrected chi connectivity index (χ1v) is 13.0. The number of para-hydroxylation sites is 1. The van der Waals surface area contributed by atoms with Crippen LogP contribution < -0.4 is 10.6 Å². The molecule has 6 rings (SSSR count). The summed E-state index contributed by atoms with van der Waals surface area (Å²) in [4.78, 5) is 22.7. The van der Waals surface area contributed by atoms with Gasteiger partial charge in [0.1, 0.15) is 0 Å². The van der Waals surface area contributed by atoms with Crippen LogP contribution in [0.25, 0.3) is 16.8 Å². The lowest BCUT2D eigenvalue weighted by molar-refractivity contribution is -0.126. The number of aromatic nitrogens is 1. The number of hydrogen-bond acceptors (Lipinski definition) is 4. The number of likely N-dealkylation sites (tertiary alicyclic amines) is 1. The van der Waals surface area contributed by atoms with E-state index in [0.29, 0.717) is 18.0 Å². The van der Waals surface area contributed by atoms with Crippen molar-refractivity contribution < 1.29 is 4.79 Å². The molecule has 2 fully saturated rings. The molecule has 1 amide bonds. The van der Waals surface area contributed by atoms with Crippen LogP contribution in [0.5, 0.6) is 0 Å². The number of carbonyl (C=O) groups excluding carboxylic acids is 1. The molecule has 0 spiro atoms. The zero-order chi connectivity index (χ0) is 24.6. The molecule has 37 heavy (non-hydrogen) atoms. The van der Waals surface area contributed by atoms with Crippen LogP contribution in [0, 0.1) is 5.92 Å². The number of nitrogens with two attached hydrogens (primary N) is 1. The molecule has 192 valence electrons. The average molecular weight is 516 g/mol. The zero-order valence-corrected chi connectivity index (χ0v) is 22.0. The smallest absolute Gasteiger partial charge is 0.256 e. The first-order chi connectivity index (χ1) is 17.6. The van der Waals surface area contributed by atoms with Gasteiger partial charge < -0.3 is 20.1 Å². The molecule has 1 atom stereocenters. The monoisotopic (exact) mass is 515 g/mol. The quantitative estimate of drug-likeness (QED) is 0.509. The lowest BCUT2D eigenvalue weighted by Crippen LogP contribution is -2.46. The summed E-state index contributed by atoms with van der Waals surface area (Å²) in [5.74, 6) is 1.57. The van der Waals surface area contributed by atoms with Crippen molar-refractivity contribution in [1.82, 2.24) is 9.47 Å². The van der Waals surface area contributed by atoms with E-state index in [9.17, 15) is 4.79 Å². The van der Waals surface area contributed by atoms with Crippen LogP contribution >= 0.6 is 12.4 Å². The fourth-order valence-electron chi connectivity index (χ4n) is 5.44. The Morgan fingerprint density at radius 3 is 2.46 bits per heavy atom. The number of hydrogen-bond donors (Lipinski definition) is 1. The third-order valence-corrected chi connectivity index (χ3v) is 7.58. The van der Waals surface area contributed by atoms with Crippen molar-refractivity contribution in [1.29, 1.82) is 0 Å². The van der Waals surface area contributed by atoms with Crippen molar-refractivity contribution >= 4 is 35.4 Å². The molecular weight excluding hydrogens is 482 g/mol. The first-order valence-electron chi connectivity index (χ1n) is 13.0. The highest BCUT2D eigenvalue weighted by molar-refractivity contribution is 6.24. The van der Waals surface area contributed by atoms with Crippen LogP contribution in [0.1, 0.15) is 36.9 Å². The van der Waals surface area contributed by atoms with Gasteiger partial charge in [-0.25, -0.2) is 4.99 Å². The minimum Gasteiger partial charge on any atom is -0.338 e. The standard InChI is InChI=1S/C30H33N5O.ClH/c1-33-27-12-6-5-11-24(27)25(30(36)34-17-7-10-23(31)20-34)18-32-29(33)28-16-15-26(22-8-3-2-4-9-22)35(28)19-21-13-14-21;/h2-6,8-9,11-12,15-16,18,21,23H,7,10,13-14,17,19-20,31H2,1H3;1H/t23-;/m1./s1. The topological polar surface area (TPSA) is 66.9 Å². The average Bonchev–Trinajstić information content (AvgIpc) is 3.66. The van der Waals surface area contributed by atoms with Crippen molar-refractivity contribution in [2.75, 3.05) is 25.0 Å². The molecule has 2 aliphatic heterocycles. The van der Waals surface area contributed by atoms with E-state index >= 15 is 0 Å². The number of halogens is 1. The largest absolute Gasteiger partial charge is 0.338 e. The number of nitrogens with zero attached hydrogens (tertiary/aromatic N) is 4. The molecule has 1 aliphatic carbocycles. The lowest BCUT2D eigenvalue weighted by atomic mass is 10.0. The predicted octanol–water partition coefficient (Wildman–Crippen LogP) is 5.17. The molecule has 3 heterocycles. The minimum atomic E-state index is 0. The first kappa shape index (κ1) is 25.3. The van der Waals surface area contributed by atoms with Crippen LogP contribution in [0.2, 0.25) is 0 Å². The van der Waals surface area contributed by atoms with Gasteiger partial charge in [-0.15, -0.1) is 12.4 Å². The summed E-state index contributed by atoms with van der Waals surface area (Å²) < 4.78 is 2.41. The van der Waals surface area contributed by atoms with Gasteiger partial charge in [0.05, 0.1) is 17.0 Å². The molecule has 1 saturated carbocycles. The highest BCUT2D eigenvalue weighted by atomic mass is 35.5. The summed E-state index contributed by atoms with van der Waals surface area (Å²) >= 11 is 0. The van der Waals surface area contributed by atoms with Crippen LogP contribution in [-0.2, 0) is 11.3 Å². The third kappa shape index (κ3) is 4.96. The lowest BCUT2D eigenvalue weighted by Gasteiger charge is -2.31. The maximum absolute atomic E-state index is 13.7. The maximum Gasteiger partial charge on any atom is 0.256 e. The van der Waals surface area contributed by atoms with Gasteiger partial charge in [-0.2, -0.15) is 0 Å². The van der Waals surface area contributed by atoms with Crippen LogP contribution in [0.4, 0.5) is 5.69 Å². The van der Waals surface area contributed by atoms with Gasteiger partial charge in [-0.3, -0.25) is 4.79 Å². The molecule has 1 aromatic heterocycles. The number of aliphatic imine (C=N–C) groups is 1. The number of piperidine rings is 1. The van der Waals surface area contributed by atoms with E-state index in [1.807, 2.05) is 30.1 Å². The maximum atomic E-state index is 13.7. The second kappa shape index (κ2) is 10.6. The Morgan fingerprint density at radius 1 is 0.973 bits per heavy atom. The third-order valence-electron chi connectivity index (χ3n) is 7.58. The summed E-state index contributed by atoms with van der Waals surface area (Å²) in [6.07, 6.45) is 6.22. The molecule has 6 nitrogen and oxygen atoms in total. The molecule has 2 N–H and O–H groups in total. The molecule has 1 saturated heterocycles. The summed E-state index contributed by atoms with van der Waals surface area (Å²) in [5.41, 5.74) is 12.2. The van der Waals surface area contributed by atoms with E-state index in [4.69, 9.17) is 10.7 Å². The fourth-order valence-corrected chi connectivity index (χ4v) is 5.44. The van der Waals surface area contributed by atoms with Crippen LogP contribution in [0.15, 0.2) is 77.9 Å². The van der Waals surface area contributed by atoms with Crippen molar-refractivity contribution in [3.05, 3.63) is 84.2 Å². The number of fused-ring (bicyclic) bond motifs is 1. The molecule has 0 bridgehead atoms. The molecule has 3 aliphatic rings. The van der Waals surface area contributed by atoms with E-state index in [0.717, 1.165) is 48.7 Å². The highest BCUT2D eigenvalue weighted by Crippen LogP contribution is 2.36. The second-order valence-corrected chi connectivity index (χ2v) is 10.2. The Balaban J connectivity index is 0.00000280. The summed E-state index contributed by atoms with van der Waals surface area (Å²) in [7, 11) is 2.05. The Morgan fingerprint density at radius 2 is 1.70 bits per heavy atom. The Labute approximate surface area is 224 Å². The van der Waals surface area contributed by atoms with Gasteiger partial charge in [-0.05, 0) is 55.4 Å². The minimum absolute atomic E-state index is 0. The number of benzene rings is 2. The predicted molar refractivity (Wildman–Crippen MR) is 153 cm³/mol. The van der Waals surface area contributed by atoms with E-state index in [-0.39, 0.29) is 24.4 Å². The van der Waals surface area contributed by atoms with Gasteiger partial charge >= 0.3 is 0 Å². The Kier molecular flexibility index (Phi) is 7.22. The van der Waals surface area contributed by atoms with Gasteiger partial charge in [0.15, 0.2) is 5.84 Å². The molecule has 0 unspecified atom stereocenters. The molecule has 3 aromatic rings. The van der Waals surface area contributed by atoms with Crippen molar-refractivity contribution in [2.24, 2.45) is 16.6 Å². The van der Waals surface area contributed by atoms with Crippen LogP contribution in [-0.4, -0.2) is 47.4 Å². The Hall–Kier alpha value is -3.35. The number of rotatable bonds is 5. The van der Waals surface area contributed by atoms with E-state index < -0.39 is 0 Å². The molecule has 0 radical (unpaired) electrons. The summed E-state index contributed by atoms with van der Waals surface area (Å²) in [6, 6.07) is 23.1. The van der Waals surface area contributed by atoms with Crippen LogP contribution in [0.3, 0.4) is 0 Å². The summed E-state index contributed by atoms with van der Waals surface area (Å²) in [6.45, 7) is 2.31. The second-order valence-electron chi connectivity index (χ2n) is 10.2. The van der Waals surface area contributed by atoms with Crippen molar-refractivity contribution in [3.8, 4) is 11.3 Å². The van der Waals surface area contributed by atoms with Gasteiger partial charge in [0.25, 0.3) is 5.91 Å². The summed E-state index contributed by atoms with van der Waals surface area (Å²) in [5, 5.41) is 0. The number of anilines is 1. The Bertz CT molecular complexity index is 1340. The van der Waals surface area contributed by atoms with E-state index in [1.54, 1.807) is 6.20 Å². The molecule has 7 heteroatoms. The van der Waals surface area contributed by atoms with Crippen molar-refractivity contribution in [2.45, 2.75) is 38.3 Å². The van der Waals surface area contributed by atoms with Crippen molar-refractivity contribution in [3.63, 3.8) is 0 Å². The van der Waals surface area contributed by atoms with Gasteiger partial charge in [0, 0.05) is 50.2 Å². The van der Waals surface area contributed by atoms with E-state index in [2.05, 4.69) is 58.0 Å². The van der Waals surface area contributed by atoms with E-state index in [1.165, 1.54) is 24.1 Å². The molecular formula is C30H34ClN5O. The zero-order valence-electron chi connectivity index (χ0n) is 21.2. The SMILES string of the molecule is CN1C(c2ccc(-c3ccccc3)n2CC2CC2)=NC=C(C(=O)N2CCC[C@@H](N)C2)c2ccccc21.Cl. The normalized spacial score (nSPS) is 19.4. The fraction of sp³-hybridized carbons (Fsp3) is 0.333. The molecule has 2 aromatic carbocycles. The van der Waals surface area contributed by atoms with Gasteiger partial charge in [-0.1, -0.05) is 48.5 Å². The number of carbonyl (C=O) groups is 1. The van der Waals surface area contributed by atoms with Gasteiger partial charge in [0.2, 0.25) is 0 Å². The number of amidine groups is 1. The number of amides is 1.